The maximum absolute atomic E-state index is 11.9. The number of benzene rings is 1. The molecule has 88 valence electrons. The minimum Gasteiger partial charge on any atom is -0.294 e. The summed E-state index contributed by atoms with van der Waals surface area (Å²) in [6.07, 6.45) is 0.213. The fraction of sp³-hybridized carbons (Fsp3) is 0.308. The van der Waals surface area contributed by atoms with E-state index in [1.54, 1.807) is 31.2 Å². The van der Waals surface area contributed by atoms with Crippen molar-refractivity contribution >= 4 is 23.3 Å². The van der Waals surface area contributed by atoms with Crippen LogP contribution in [0.4, 0.5) is 5.69 Å². The Bertz CT molecular complexity index is 507. The number of para-hydroxylation sites is 1. The summed E-state index contributed by atoms with van der Waals surface area (Å²) in [6, 6.07) is 6.69. The summed E-state index contributed by atoms with van der Waals surface area (Å²) in [5, 5.41) is 0. The highest BCUT2D eigenvalue weighted by Crippen LogP contribution is 2.29. The molecule has 0 radical (unpaired) electrons. The molecule has 1 aromatic carbocycles. The lowest BCUT2D eigenvalue weighted by Gasteiger charge is -2.17. The van der Waals surface area contributed by atoms with E-state index in [9.17, 15) is 14.4 Å². The van der Waals surface area contributed by atoms with E-state index in [0.717, 1.165) is 4.90 Å². The number of carbonyl (C=O) groups excluding carboxylic acids is 3. The molecule has 0 saturated carbocycles. The SMILES string of the molecule is CC(=O)c1ccccc1N1C(=O)CC(C)C1=O. The molecule has 1 fully saturated rings. The summed E-state index contributed by atoms with van der Waals surface area (Å²) in [6.45, 7) is 3.14. The van der Waals surface area contributed by atoms with E-state index < -0.39 is 0 Å². The third kappa shape index (κ3) is 1.86. The Morgan fingerprint density at radius 1 is 1.29 bits per heavy atom. The Balaban J connectivity index is 2.51. The molecule has 2 amide bonds. The van der Waals surface area contributed by atoms with Crippen molar-refractivity contribution in [3.8, 4) is 0 Å². The second-order valence-electron chi connectivity index (χ2n) is 4.25. The number of hydrogen-bond donors (Lipinski definition) is 0. The molecule has 1 heterocycles. The molecule has 0 N–H and O–H groups in total. The van der Waals surface area contributed by atoms with Gasteiger partial charge in [-0.2, -0.15) is 0 Å². The van der Waals surface area contributed by atoms with E-state index in [4.69, 9.17) is 0 Å². The van der Waals surface area contributed by atoms with Crippen molar-refractivity contribution in [3.05, 3.63) is 29.8 Å². The Hall–Kier alpha value is -1.97. The molecule has 4 nitrogen and oxygen atoms in total. The lowest BCUT2D eigenvalue weighted by atomic mass is 10.1. The lowest BCUT2D eigenvalue weighted by Crippen LogP contribution is -2.31. The van der Waals surface area contributed by atoms with E-state index in [1.165, 1.54) is 6.92 Å². The quantitative estimate of drug-likeness (QED) is 0.576. The molecule has 0 aromatic heterocycles. The van der Waals surface area contributed by atoms with E-state index in [0.29, 0.717) is 11.3 Å². The van der Waals surface area contributed by atoms with Crippen molar-refractivity contribution in [2.75, 3.05) is 4.90 Å². The van der Waals surface area contributed by atoms with Gasteiger partial charge in [0.25, 0.3) is 0 Å². The van der Waals surface area contributed by atoms with Crippen LogP contribution in [0.3, 0.4) is 0 Å². The minimum atomic E-state index is -0.303. The smallest absolute Gasteiger partial charge is 0.237 e. The molecule has 17 heavy (non-hydrogen) atoms. The van der Waals surface area contributed by atoms with Gasteiger partial charge in [-0.25, -0.2) is 4.90 Å². The number of amides is 2. The van der Waals surface area contributed by atoms with Crippen LogP contribution in [0.1, 0.15) is 30.6 Å². The van der Waals surface area contributed by atoms with Crippen LogP contribution in [0, 0.1) is 5.92 Å². The van der Waals surface area contributed by atoms with Crippen molar-refractivity contribution in [3.63, 3.8) is 0 Å². The van der Waals surface area contributed by atoms with Crippen molar-refractivity contribution in [1.82, 2.24) is 0 Å². The Morgan fingerprint density at radius 2 is 1.94 bits per heavy atom. The van der Waals surface area contributed by atoms with Gasteiger partial charge in [0.2, 0.25) is 11.8 Å². The Morgan fingerprint density at radius 3 is 2.47 bits per heavy atom. The largest absolute Gasteiger partial charge is 0.294 e. The van der Waals surface area contributed by atoms with Gasteiger partial charge in [-0.15, -0.1) is 0 Å². The van der Waals surface area contributed by atoms with Crippen LogP contribution >= 0.6 is 0 Å². The topological polar surface area (TPSA) is 54.5 Å². The molecule has 1 aliphatic rings. The number of anilines is 1. The number of ketones is 1. The molecule has 1 aromatic rings. The van der Waals surface area contributed by atoms with E-state index >= 15 is 0 Å². The molecule has 1 unspecified atom stereocenters. The third-order valence-corrected chi connectivity index (χ3v) is 2.90. The first-order chi connectivity index (χ1) is 8.02. The lowest BCUT2D eigenvalue weighted by molar-refractivity contribution is -0.122. The number of imide groups is 1. The van der Waals surface area contributed by atoms with Crippen LogP contribution in [-0.2, 0) is 9.59 Å². The zero-order valence-electron chi connectivity index (χ0n) is 9.77. The van der Waals surface area contributed by atoms with Crippen LogP contribution in [0.5, 0.6) is 0 Å². The number of rotatable bonds is 2. The Labute approximate surface area is 99.2 Å². The second kappa shape index (κ2) is 4.13. The summed E-state index contributed by atoms with van der Waals surface area (Å²) in [5.74, 6) is -0.928. The number of Topliss-reactive ketones (excluding diaryl/α,β-unsaturated/α-hetero) is 1. The van der Waals surface area contributed by atoms with E-state index in [1.807, 2.05) is 0 Å². The fourth-order valence-electron chi connectivity index (χ4n) is 2.00. The molecule has 0 spiro atoms. The summed E-state index contributed by atoms with van der Waals surface area (Å²) >= 11 is 0. The van der Waals surface area contributed by atoms with Gasteiger partial charge in [0.05, 0.1) is 5.69 Å². The summed E-state index contributed by atoms with van der Waals surface area (Å²) < 4.78 is 0. The summed E-state index contributed by atoms with van der Waals surface area (Å²) in [7, 11) is 0. The monoisotopic (exact) mass is 231 g/mol. The van der Waals surface area contributed by atoms with Gasteiger partial charge < -0.3 is 0 Å². The van der Waals surface area contributed by atoms with E-state index in [2.05, 4.69) is 0 Å². The normalized spacial score (nSPS) is 19.9. The van der Waals surface area contributed by atoms with Crippen molar-refractivity contribution in [2.45, 2.75) is 20.3 Å². The van der Waals surface area contributed by atoms with E-state index in [-0.39, 0.29) is 29.9 Å². The molecular formula is C13H13NO3. The van der Waals surface area contributed by atoms with Crippen LogP contribution in [0.25, 0.3) is 0 Å². The molecule has 2 rings (SSSR count). The van der Waals surface area contributed by atoms with Gasteiger partial charge in [0.15, 0.2) is 5.78 Å². The average molecular weight is 231 g/mol. The first-order valence-corrected chi connectivity index (χ1v) is 5.49. The molecule has 1 aliphatic heterocycles. The first kappa shape index (κ1) is 11.5. The summed E-state index contributed by atoms with van der Waals surface area (Å²) in [4.78, 5) is 36.2. The number of hydrogen-bond acceptors (Lipinski definition) is 3. The van der Waals surface area contributed by atoms with Crippen molar-refractivity contribution in [1.29, 1.82) is 0 Å². The number of carbonyl (C=O) groups is 3. The van der Waals surface area contributed by atoms with Crippen LogP contribution in [0.15, 0.2) is 24.3 Å². The second-order valence-corrected chi connectivity index (χ2v) is 4.25. The highest BCUT2D eigenvalue weighted by Gasteiger charge is 2.37. The minimum absolute atomic E-state index is 0.152. The van der Waals surface area contributed by atoms with Gasteiger partial charge in [-0.3, -0.25) is 14.4 Å². The number of nitrogens with zero attached hydrogens (tertiary/aromatic N) is 1. The summed E-state index contributed by atoms with van der Waals surface area (Å²) in [5.41, 5.74) is 0.808. The Kier molecular flexibility index (Phi) is 2.79. The van der Waals surface area contributed by atoms with Crippen LogP contribution in [-0.4, -0.2) is 17.6 Å². The van der Waals surface area contributed by atoms with Gasteiger partial charge >= 0.3 is 0 Å². The molecule has 0 bridgehead atoms. The van der Waals surface area contributed by atoms with Gasteiger partial charge in [0, 0.05) is 17.9 Å². The third-order valence-electron chi connectivity index (χ3n) is 2.90. The molecule has 0 aliphatic carbocycles. The zero-order chi connectivity index (χ0) is 12.6. The van der Waals surface area contributed by atoms with Gasteiger partial charge in [0.1, 0.15) is 0 Å². The van der Waals surface area contributed by atoms with Gasteiger partial charge in [-0.1, -0.05) is 19.1 Å². The zero-order valence-corrected chi connectivity index (χ0v) is 9.77. The predicted octanol–water partition coefficient (Wildman–Crippen LogP) is 1.79. The van der Waals surface area contributed by atoms with Crippen LogP contribution in [0.2, 0.25) is 0 Å². The highest BCUT2D eigenvalue weighted by atomic mass is 16.2. The highest BCUT2D eigenvalue weighted by molar-refractivity contribution is 6.23. The fourth-order valence-corrected chi connectivity index (χ4v) is 2.00. The first-order valence-electron chi connectivity index (χ1n) is 5.49. The molecular weight excluding hydrogens is 218 g/mol. The predicted molar refractivity (Wildman–Crippen MR) is 62.7 cm³/mol. The maximum Gasteiger partial charge on any atom is 0.237 e. The average Bonchev–Trinajstić information content (AvgIpc) is 2.53. The molecule has 4 heteroatoms. The van der Waals surface area contributed by atoms with Crippen molar-refractivity contribution < 1.29 is 14.4 Å². The molecule has 1 atom stereocenters. The maximum atomic E-state index is 11.9. The standard InChI is InChI=1S/C13H13NO3/c1-8-7-12(16)14(13(8)17)11-6-4-3-5-10(11)9(2)15/h3-6,8H,7H2,1-2H3. The van der Waals surface area contributed by atoms with Crippen molar-refractivity contribution in [2.24, 2.45) is 5.92 Å². The van der Waals surface area contributed by atoms with Gasteiger partial charge in [-0.05, 0) is 19.1 Å². The van der Waals surface area contributed by atoms with Crippen LogP contribution < -0.4 is 4.90 Å². The molecule has 1 saturated heterocycles.